The average Bonchev–Trinajstić information content (AvgIpc) is 3.16. The number of nitrogens with zero attached hydrogens (tertiary/aromatic N) is 2. The lowest BCUT2D eigenvalue weighted by Gasteiger charge is -2.40. The Morgan fingerprint density at radius 2 is 0.943 bits per heavy atom. The van der Waals surface area contributed by atoms with Gasteiger partial charge >= 0.3 is 0 Å². The molecule has 0 atom stereocenters. The van der Waals surface area contributed by atoms with Gasteiger partial charge in [-0.1, -0.05) is 101 Å². The van der Waals surface area contributed by atoms with Crippen molar-refractivity contribution in [2.45, 2.75) is 116 Å². The zero-order valence-corrected chi connectivity index (χ0v) is 26.6. The fraction of sp³-hybridized carbons (Fsp3) is 0.581. The lowest BCUT2D eigenvalue weighted by atomic mass is 10.4. The molecular formula is C31H52N2Si2. The maximum Gasteiger partial charge on any atom is 0.137 e. The molecule has 0 bridgehead atoms. The SMILES string of the molecule is CC(C)[Si](/C=C/c1ccc(/C=C/[Si](C(C)C)(C(C)C)C(C)C)n1-c1ccccn1)(C(C)C)C(C)C. The number of pyridine rings is 1. The molecule has 0 aliphatic carbocycles. The average molecular weight is 509 g/mol. The minimum atomic E-state index is -1.64. The Balaban J connectivity index is 2.69. The van der Waals surface area contributed by atoms with E-state index in [0.717, 1.165) is 5.82 Å². The molecule has 194 valence electrons. The number of hydrogen-bond acceptors (Lipinski definition) is 1. The predicted octanol–water partition coefficient (Wildman–Crippen LogP) is 10.3. The van der Waals surface area contributed by atoms with Gasteiger partial charge in [-0.3, -0.25) is 4.57 Å². The van der Waals surface area contributed by atoms with Crippen LogP contribution in [0.1, 0.15) is 94.5 Å². The Labute approximate surface area is 219 Å². The summed E-state index contributed by atoms with van der Waals surface area (Å²) in [6.07, 6.45) is 6.73. The van der Waals surface area contributed by atoms with Crippen LogP contribution in [0.2, 0.25) is 33.2 Å². The second-order valence-corrected chi connectivity index (χ2v) is 23.9. The van der Waals surface area contributed by atoms with Crippen molar-refractivity contribution in [3.63, 3.8) is 0 Å². The molecule has 0 aromatic carbocycles. The first-order chi connectivity index (χ1) is 16.3. The summed E-state index contributed by atoms with van der Waals surface area (Å²) in [5.41, 5.74) is 11.9. The van der Waals surface area contributed by atoms with Crippen molar-refractivity contribution in [2.75, 3.05) is 0 Å². The van der Waals surface area contributed by atoms with Crippen molar-refractivity contribution < 1.29 is 0 Å². The van der Waals surface area contributed by atoms with Gasteiger partial charge in [0.05, 0.1) is 16.1 Å². The molecule has 2 aromatic rings. The maximum atomic E-state index is 4.76. The molecule has 0 fully saturated rings. The standard InChI is InChI=1S/C31H52N2Si2/c1-23(2)34(24(3)4,25(5)6)21-18-29-16-17-30(33(29)31-15-13-14-20-32-31)19-22-35(26(7)8,27(9)10)28(11)12/h13-28H,1-12H3/b21-18+,22-19+. The van der Waals surface area contributed by atoms with E-state index in [1.807, 2.05) is 12.3 Å². The summed E-state index contributed by atoms with van der Waals surface area (Å²) >= 11 is 0. The molecule has 2 rings (SSSR count). The van der Waals surface area contributed by atoms with Gasteiger partial charge in [-0.15, -0.1) is 0 Å². The second kappa shape index (κ2) is 12.1. The van der Waals surface area contributed by atoms with Crippen LogP contribution in [0.3, 0.4) is 0 Å². The van der Waals surface area contributed by atoms with Crippen molar-refractivity contribution >= 4 is 28.3 Å². The fourth-order valence-electron chi connectivity index (χ4n) is 7.09. The molecule has 0 saturated carbocycles. The lowest BCUT2D eigenvalue weighted by molar-refractivity contribution is 0.834. The Bertz CT molecular complexity index is 876. The molecule has 0 saturated heterocycles. The van der Waals surface area contributed by atoms with Gasteiger partial charge in [0.15, 0.2) is 0 Å². The molecule has 2 heterocycles. The van der Waals surface area contributed by atoms with Crippen LogP contribution in [-0.2, 0) is 0 Å². The summed E-state index contributed by atoms with van der Waals surface area (Å²) in [6.45, 7) is 29.1. The van der Waals surface area contributed by atoms with Crippen molar-refractivity contribution in [3.8, 4) is 5.82 Å². The Morgan fingerprint density at radius 3 is 1.23 bits per heavy atom. The first-order valence-electron chi connectivity index (χ1n) is 13.8. The van der Waals surface area contributed by atoms with Crippen molar-refractivity contribution in [1.29, 1.82) is 0 Å². The third kappa shape index (κ3) is 5.85. The van der Waals surface area contributed by atoms with Gasteiger partial charge in [0, 0.05) is 17.6 Å². The molecule has 0 N–H and O–H groups in total. The molecule has 0 unspecified atom stereocenters. The van der Waals surface area contributed by atoms with E-state index in [-0.39, 0.29) is 0 Å². The Kier molecular flexibility index (Phi) is 10.2. The molecular weight excluding hydrogens is 457 g/mol. The number of rotatable bonds is 11. The first-order valence-corrected chi connectivity index (χ1v) is 18.5. The van der Waals surface area contributed by atoms with Crippen molar-refractivity contribution in [2.24, 2.45) is 0 Å². The van der Waals surface area contributed by atoms with Crippen LogP contribution in [0.15, 0.2) is 47.9 Å². The van der Waals surface area contributed by atoms with E-state index in [1.54, 1.807) is 0 Å². The highest BCUT2D eigenvalue weighted by Gasteiger charge is 2.41. The highest BCUT2D eigenvalue weighted by atomic mass is 28.3. The molecule has 0 radical (unpaired) electrons. The second-order valence-electron chi connectivity index (χ2n) is 12.3. The van der Waals surface area contributed by atoms with Crippen LogP contribution >= 0.6 is 0 Å². The molecule has 0 aliphatic rings. The van der Waals surface area contributed by atoms with E-state index in [1.165, 1.54) is 11.4 Å². The molecule has 35 heavy (non-hydrogen) atoms. The van der Waals surface area contributed by atoms with Crippen LogP contribution in [0.4, 0.5) is 0 Å². The number of hydrogen-bond donors (Lipinski definition) is 0. The van der Waals surface area contributed by atoms with Crippen molar-refractivity contribution in [3.05, 3.63) is 59.3 Å². The van der Waals surface area contributed by atoms with E-state index in [2.05, 4.69) is 135 Å². The summed E-state index contributed by atoms with van der Waals surface area (Å²) in [7, 11) is -3.29. The molecule has 2 aromatic heterocycles. The van der Waals surface area contributed by atoms with Gasteiger partial charge in [-0.05, 0) is 69.7 Å². The van der Waals surface area contributed by atoms with Gasteiger partial charge in [-0.25, -0.2) is 4.98 Å². The summed E-state index contributed by atoms with van der Waals surface area (Å²) < 4.78 is 2.35. The van der Waals surface area contributed by atoms with E-state index in [9.17, 15) is 0 Å². The van der Waals surface area contributed by atoms with Gasteiger partial charge in [0.1, 0.15) is 5.82 Å². The number of aromatic nitrogens is 2. The Hall–Kier alpha value is -1.66. The van der Waals surface area contributed by atoms with Crippen LogP contribution < -0.4 is 0 Å². The van der Waals surface area contributed by atoms with Gasteiger partial charge in [0.2, 0.25) is 0 Å². The van der Waals surface area contributed by atoms with E-state index < -0.39 is 16.1 Å². The zero-order chi connectivity index (χ0) is 26.6. The summed E-state index contributed by atoms with van der Waals surface area (Å²) in [5.74, 6) is 0.994. The van der Waals surface area contributed by atoms with Gasteiger partial charge in [0.25, 0.3) is 0 Å². The largest absolute Gasteiger partial charge is 0.295 e. The lowest BCUT2D eigenvalue weighted by Crippen LogP contribution is -2.42. The fourth-order valence-corrected chi connectivity index (χ4v) is 18.3. The minimum absolute atomic E-state index is 0.700. The van der Waals surface area contributed by atoms with Gasteiger partial charge < -0.3 is 0 Å². The summed E-state index contributed by atoms with van der Waals surface area (Å²) in [4.78, 5) is 4.76. The third-order valence-corrected chi connectivity index (χ3v) is 22.4. The highest BCUT2D eigenvalue weighted by molar-refractivity contribution is 6.89. The topological polar surface area (TPSA) is 17.8 Å². The van der Waals surface area contributed by atoms with Crippen molar-refractivity contribution in [1.82, 2.24) is 9.55 Å². The van der Waals surface area contributed by atoms with Gasteiger partial charge in [-0.2, -0.15) is 0 Å². The Morgan fingerprint density at radius 1 is 0.571 bits per heavy atom. The molecule has 0 spiro atoms. The van der Waals surface area contributed by atoms with Crippen LogP contribution in [0.5, 0.6) is 0 Å². The zero-order valence-electron chi connectivity index (χ0n) is 24.6. The maximum absolute atomic E-state index is 4.76. The molecule has 0 amide bonds. The highest BCUT2D eigenvalue weighted by Crippen LogP contribution is 2.44. The smallest absolute Gasteiger partial charge is 0.137 e. The minimum Gasteiger partial charge on any atom is -0.295 e. The third-order valence-electron chi connectivity index (χ3n) is 8.91. The quantitative estimate of drug-likeness (QED) is 0.276. The first kappa shape index (κ1) is 29.6. The normalized spacial score (nSPS) is 13.9. The summed E-state index contributed by atoms with van der Waals surface area (Å²) in [5, 5.41) is 0. The molecule has 2 nitrogen and oxygen atoms in total. The van der Waals surface area contributed by atoms with Crippen LogP contribution in [0.25, 0.3) is 18.0 Å². The van der Waals surface area contributed by atoms with E-state index in [4.69, 9.17) is 4.98 Å². The van der Waals surface area contributed by atoms with E-state index in [0.29, 0.717) is 33.2 Å². The van der Waals surface area contributed by atoms with E-state index >= 15 is 0 Å². The van der Waals surface area contributed by atoms with Crippen LogP contribution in [-0.4, -0.2) is 25.7 Å². The monoisotopic (exact) mass is 508 g/mol. The molecule has 0 aliphatic heterocycles. The molecule has 4 heteroatoms. The summed E-state index contributed by atoms with van der Waals surface area (Å²) in [6, 6.07) is 10.8. The predicted molar refractivity (Wildman–Crippen MR) is 164 cm³/mol. The van der Waals surface area contributed by atoms with Crippen LogP contribution in [0, 0.1) is 0 Å².